The Labute approximate surface area is 144 Å². The van der Waals surface area contributed by atoms with Crippen LogP contribution in [0.15, 0.2) is 35.6 Å². The predicted molar refractivity (Wildman–Crippen MR) is 92.3 cm³/mol. The van der Waals surface area contributed by atoms with Gasteiger partial charge < -0.3 is 14.6 Å². The first kappa shape index (κ1) is 17.3. The lowest BCUT2D eigenvalue weighted by Crippen LogP contribution is -2.48. The van der Waals surface area contributed by atoms with Crippen LogP contribution in [0, 0.1) is 10.8 Å². The third-order valence-corrected chi connectivity index (χ3v) is 6.15. The van der Waals surface area contributed by atoms with Crippen LogP contribution < -0.4 is 0 Å². The van der Waals surface area contributed by atoms with Crippen molar-refractivity contribution in [3.63, 3.8) is 0 Å². The second-order valence-electron chi connectivity index (χ2n) is 8.02. The number of ether oxygens (including phenoxy) is 2. The number of carbonyl (C=O) groups excluding carboxylic acids is 1. The Morgan fingerprint density at radius 3 is 2.75 bits per heavy atom. The third-order valence-electron chi connectivity index (χ3n) is 6.15. The van der Waals surface area contributed by atoms with Gasteiger partial charge >= 0.3 is 6.16 Å². The second-order valence-corrected chi connectivity index (χ2v) is 8.02. The fourth-order valence-electron chi connectivity index (χ4n) is 4.54. The summed E-state index contributed by atoms with van der Waals surface area (Å²) in [7, 11) is 0. The maximum Gasteiger partial charge on any atom is 0.514 e. The quantitative estimate of drug-likeness (QED) is 0.591. The fraction of sp³-hybridized carbons (Fsp3) is 0.650. The first-order valence-electron chi connectivity index (χ1n) is 8.89. The van der Waals surface area contributed by atoms with Gasteiger partial charge in [0, 0.05) is 17.3 Å². The van der Waals surface area contributed by atoms with E-state index >= 15 is 0 Å². The molecule has 0 aromatic heterocycles. The Balaban J connectivity index is 2.25. The van der Waals surface area contributed by atoms with Crippen molar-refractivity contribution in [2.24, 2.45) is 10.8 Å². The van der Waals surface area contributed by atoms with Crippen molar-refractivity contribution in [1.29, 1.82) is 0 Å². The normalized spacial score (nSPS) is 41.0. The molecule has 3 aliphatic rings. The molecule has 2 fully saturated rings. The van der Waals surface area contributed by atoms with Crippen LogP contribution >= 0.6 is 0 Å². The zero-order chi connectivity index (χ0) is 17.6. The summed E-state index contributed by atoms with van der Waals surface area (Å²) in [5, 5.41) is 10.7. The molecule has 0 radical (unpaired) electrons. The molecular formula is C20H28O4. The molecule has 0 amide bonds. The molecule has 24 heavy (non-hydrogen) atoms. The Kier molecular flexibility index (Phi) is 4.15. The van der Waals surface area contributed by atoms with E-state index in [9.17, 15) is 9.90 Å². The maximum atomic E-state index is 12.2. The highest BCUT2D eigenvalue weighted by Crippen LogP contribution is 2.56. The zero-order valence-electron chi connectivity index (χ0n) is 15.1. The SMILES string of the molecule is C/C=C/C(C)(C)[C@@]12C/C=C\C[C@@]3(C)/C(=C/1OC(=O)O2)CCC[C@@H]3O. The highest BCUT2D eigenvalue weighted by Gasteiger charge is 2.59. The molecule has 4 nitrogen and oxygen atoms in total. The van der Waals surface area contributed by atoms with E-state index < -0.39 is 28.7 Å². The topological polar surface area (TPSA) is 55.8 Å². The van der Waals surface area contributed by atoms with E-state index in [2.05, 4.69) is 39.0 Å². The van der Waals surface area contributed by atoms with E-state index in [1.165, 1.54) is 0 Å². The molecule has 1 heterocycles. The lowest BCUT2D eigenvalue weighted by atomic mass is 9.61. The molecule has 1 saturated carbocycles. The summed E-state index contributed by atoms with van der Waals surface area (Å²) in [6.45, 7) is 8.19. The van der Waals surface area contributed by atoms with Crippen molar-refractivity contribution in [3.8, 4) is 0 Å². The number of carbonyl (C=O) groups is 1. The summed E-state index contributed by atoms with van der Waals surface area (Å²) in [6.07, 6.45) is 11.0. The molecule has 2 aliphatic carbocycles. The molecule has 0 aromatic carbocycles. The Hall–Kier alpha value is -1.55. The number of hydrogen-bond donors (Lipinski definition) is 1. The van der Waals surface area contributed by atoms with Gasteiger partial charge in [-0.2, -0.15) is 0 Å². The first-order chi connectivity index (χ1) is 11.3. The van der Waals surface area contributed by atoms with Gasteiger partial charge in [-0.1, -0.05) is 45.1 Å². The molecule has 1 N–H and O–H groups in total. The van der Waals surface area contributed by atoms with Gasteiger partial charge in [-0.25, -0.2) is 4.79 Å². The Bertz CT molecular complexity index is 628. The molecule has 0 unspecified atom stereocenters. The minimum atomic E-state index is -0.846. The van der Waals surface area contributed by atoms with Crippen molar-refractivity contribution >= 4 is 6.16 Å². The zero-order valence-corrected chi connectivity index (χ0v) is 15.1. The van der Waals surface area contributed by atoms with E-state index in [1.54, 1.807) is 0 Å². The minimum absolute atomic E-state index is 0.407. The Morgan fingerprint density at radius 2 is 2.04 bits per heavy atom. The molecule has 4 heteroatoms. The van der Waals surface area contributed by atoms with Crippen molar-refractivity contribution in [1.82, 2.24) is 0 Å². The van der Waals surface area contributed by atoms with Crippen LogP contribution in [0.1, 0.15) is 59.8 Å². The summed E-state index contributed by atoms with van der Waals surface area (Å²) in [5.41, 5.74) is -0.618. The Morgan fingerprint density at radius 1 is 1.33 bits per heavy atom. The van der Waals surface area contributed by atoms with Crippen LogP contribution in [0.3, 0.4) is 0 Å². The van der Waals surface area contributed by atoms with E-state index in [0.717, 1.165) is 31.3 Å². The van der Waals surface area contributed by atoms with Gasteiger partial charge in [-0.05, 0) is 38.2 Å². The minimum Gasteiger partial charge on any atom is -0.418 e. The average Bonchev–Trinajstić information content (AvgIpc) is 2.83. The number of allylic oxidation sites excluding steroid dienone is 2. The fourth-order valence-corrected chi connectivity index (χ4v) is 4.54. The van der Waals surface area contributed by atoms with E-state index in [1.807, 2.05) is 13.0 Å². The third kappa shape index (κ3) is 2.34. The van der Waals surface area contributed by atoms with Gasteiger partial charge in [0.25, 0.3) is 0 Å². The smallest absolute Gasteiger partial charge is 0.418 e. The van der Waals surface area contributed by atoms with Gasteiger partial charge in [0.2, 0.25) is 0 Å². The van der Waals surface area contributed by atoms with E-state index in [4.69, 9.17) is 9.47 Å². The molecule has 3 atom stereocenters. The number of aliphatic hydroxyl groups is 1. The van der Waals surface area contributed by atoms with Gasteiger partial charge in [0.1, 0.15) is 0 Å². The van der Waals surface area contributed by atoms with Crippen LogP contribution in [-0.2, 0) is 9.47 Å². The van der Waals surface area contributed by atoms with E-state index in [0.29, 0.717) is 12.2 Å². The van der Waals surface area contributed by atoms with E-state index in [-0.39, 0.29) is 0 Å². The molecule has 1 aliphatic heterocycles. The number of aliphatic hydroxyl groups excluding tert-OH is 1. The van der Waals surface area contributed by atoms with Crippen molar-refractivity contribution in [2.75, 3.05) is 0 Å². The van der Waals surface area contributed by atoms with Gasteiger partial charge in [0.15, 0.2) is 11.4 Å². The summed E-state index contributed by atoms with van der Waals surface area (Å²) in [5.74, 6) is 0.640. The monoisotopic (exact) mass is 332 g/mol. The average molecular weight is 332 g/mol. The van der Waals surface area contributed by atoms with Crippen LogP contribution in [0.2, 0.25) is 0 Å². The van der Waals surface area contributed by atoms with Gasteiger partial charge in [-0.3, -0.25) is 0 Å². The highest BCUT2D eigenvalue weighted by molar-refractivity contribution is 5.68. The van der Waals surface area contributed by atoms with Gasteiger partial charge in [-0.15, -0.1) is 0 Å². The summed E-state index contributed by atoms with van der Waals surface area (Å²) in [4.78, 5) is 12.2. The summed E-state index contributed by atoms with van der Waals surface area (Å²) < 4.78 is 11.5. The largest absolute Gasteiger partial charge is 0.514 e. The van der Waals surface area contributed by atoms with Crippen LogP contribution in [0.25, 0.3) is 0 Å². The lowest BCUT2D eigenvalue weighted by Gasteiger charge is -2.46. The highest BCUT2D eigenvalue weighted by atomic mass is 16.8. The number of rotatable bonds is 2. The first-order valence-corrected chi connectivity index (χ1v) is 8.89. The van der Waals surface area contributed by atoms with Crippen LogP contribution in [0.5, 0.6) is 0 Å². The lowest BCUT2D eigenvalue weighted by molar-refractivity contribution is -0.00611. The molecular weight excluding hydrogens is 304 g/mol. The molecule has 132 valence electrons. The summed E-state index contributed by atoms with van der Waals surface area (Å²) >= 11 is 0. The summed E-state index contributed by atoms with van der Waals surface area (Å²) in [6, 6.07) is 0. The number of fused-ring (bicyclic) bond motifs is 2. The molecule has 3 rings (SSSR count). The number of hydrogen-bond acceptors (Lipinski definition) is 4. The van der Waals surface area contributed by atoms with Gasteiger partial charge in [0.05, 0.1) is 6.10 Å². The molecule has 0 bridgehead atoms. The standard InChI is InChI=1S/C20H28O4/c1-5-11-18(2,3)20-13-7-6-12-19(4)14(9-8-10-15(19)21)16(20)23-17(22)24-20/h5-7,11,15,21H,8-10,12-13H2,1-4H3/b7-6-,11-5+,16-14-/t15-,19-,20+/m0/s1. The second kappa shape index (κ2) is 5.76. The molecule has 1 saturated heterocycles. The van der Waals surface area contributed by atoms with Crippen molar-refractivity contribution in [2.45, 2.75) is 71.5 Å². The molecule has 0 aromatic rings. The van der Waals surface area contributed by atoms with Crippen molar-refractivity contribution in [3.05, 3.63) is 35.6 Å². The molecule has 0 spiro atoms. The van der Waals surface area contributed by atoms with Crippen LogP contribution in [0.4, 0.5) is 4.79 Å². The predicted octanol–water partition coefficient (Wildman–Crippen LogP) is 4.65. The van der Waals surface area contributed by atoms with Crippen molar-refractivity contribution < 1.29 is 19.4 Å². The maximum absolute atomic E-state index is 12.2. The van der Waals surface area contributed by atoms with Crippen LogP contribution in [-0.4, -0.2) is 23.0 Å².